The summed E-state index contributed by atoms with van der Waals surface area (Å²) in [6.07, 6.45) is 3.67. The number of aliphatic hydroxyl groups is 1. The molecule has 3 N–H and O–H groups in total. The summed E-state index contributed by atoms with van der Waals surface area (Å²) in [6, 6.07) is 0.332. The highest BCUT2D eigenvalue weighted by Crippen LogP contribution is 2.16. The normalized spacial score (nSPS) is 13.6. The van der Waals surface area contributed by atoms with E-state index >= 15 is 0 Å². The summed E-state index contributed by atoms with van der Waals surface area (Å²) in [6.45, 7) is 4.59. The summed E-state index contributed by atoms with van der Waals surface area (Å²) in [5.41, 5.74) is 6.19. The molecule has 74 valence electrons. The van der Waals surface area contributed by atoms with Gasteiger partial charge in [0.05, 0.1) is 12.3 Å². The van der Waals surface area contributed by atoms with Gasteiger partial charge in [-0.15, -0.1) is 0 Å². The Hall–Kier alpha value is -0.870. The standard InChI is InChI=1S/C9H17N3O/c1-7(2)12-6-8(5-11-12)9(13)3-4-10/h5-7,9,13H,3-4,10H2,1-2H3/t9-/m0/s1. The molecule has 0 aliphatic rings. The van der Waals surface area contributed by atoms with E-state index in [1.165, 1.54) is 0 Å². The van der Waals surface area contributed by atoms with Gasteiger partial charge in [-0.3, -0.25) is 4.68 Å². The lowest BCUT2D eigenvalue weighted by Gasteiger charge is -2.06. The van der Waals surface area contributed by atoms with Crippen LogP contribution in [0.15, 0.2) is 12.4 Å². The minimum atomic E-state index is -0.475. The van der Waals surface area contributed by atoms with E-state index in [0.717, 1.165) is 5.56 Å². The SMILES string of the molecule is CC(C)n1cc([C@@H](O)CCN)cn1. The molecule has 1 aromatic rings. The highest BCUT2D eigenvalue weighted by atomic mass is 16.3. The molecule has 0 amide bonds. The average Bonchev–Trinajstić information content (AvgIpc) is 2.52. The Kier molecular flexibility index (Phi) is 3.45. The molecule has 1 aromatic heterocycles. The maximum atomic E-state index is 9.58. The van der Waals surface area contributed by atoms with Gasteiger partial charge in [0, 0.05) is 17.8 Å². The third-order valence-electron chi connectivity index (χ3n) is 1.98. The molecule has 4 heteroatoms. The first-order valence-corrected chi connectivity index (χ1v) is 4.57. The van der Waals surface area contributed by atoms with Crippen molar-refractivity contribution in [3.63, 3.8) is 0 Å². The Morgan fingerprint density at radius 1 is 1.62 bits per heavy atom. The van der Waals surface area contributed by atoms with Crippen molar-refractivity contribution in [2.24, 2.45) is 5.73 Å². The molecule has 0 unspecified atom stereocenters. The zero-order valence-corrected chi connectivity index (χ0v) is 8.14. The third kappa shape index (κ3) is 2.54. The van der Waals surface area contributed by atoms with Crippen molar-refractivity contribution >= 4 is 0 Å². The van der Waals surface area contributed by atoms with E-state index < -0.39 is 6.10 Å². The molecule has 4 nitrogen and oxygen atoms in total. The zero-order chi connectivity index (χ0) is 9.84. The maximum absolute atomic E-state index is 9.58. The number of aromatic nitrogens is 2. The number of aliphatic hydroxyl groups excluding tert-OH is 1. The highest BCUT2D eigenvalue weighted by Gasteiger charge is 2.09. The molecule has 1 atom stereocenters. The summed E-state index contributed by atoms with van der Waals surface area (Å²) in [5, 5.41) is 13.7. The van der Waals surface area contributed by atoms with Crippen LogP contribution in [-0.2, 0) is 0 Å². The van der Waals surface area contributed by atoms with Crippen LogP contribution in [0.5, 0.6) is 0 Å². The Bertz CT molecular complexity index is 257. The second-order valence-corrected chi connectivity index (χ2v) is 3.44. The van der Waals surface area contributed by atoms with Gasteiger partial charge in [-0.25, -0.2) is 0 Å². The first-order chi connectivity index (χ1) is 6.15. The fraction of sp³-hybridized carbons (Fsp3) is 0.667. The van der Waals surface area contributed by atoms with E-state index in [1.54, 1.807) is 6.20 Å². The van der Waals surface area contributed by atoms with Crippen molar-refractivity contribution < 1.29 is 5.11 Å². The van der Waals surface area contributed by atoms with E-state index in [4.69, 9.17) is 5.73 Å². The Morgan fingerprint density at radius 2 is 2.31 bits per heavy atom. The first-order valence-electron chi connectivity index (χ1n) is 4.57. The topological polar surface area (TPSA) is 64.1 Å². The zero-order valence-electron chi connectivity index (χ0n) is 8.14. The van der Waals surface area contributed by atoms with Gasteiger partial charge in [0.15, 0.2) is 0 Å². The molecule has 0 spiro atoms. The summed E-state index contributed by atoms with van der Waals surface area (Å²) < 4.78 is 1.83. The van der Waals surface area contributed by atoms with Crippen molar-refractivity contribution in [2.75, 3.05) is 6.54 Å². The lowest BCUT2D eigenvalue weighted by molar-refractivity contribution is 0.170. The van der Waals surface area contributed by atoms with Crippen molar-refractivity contribution in [3.05, 3.63) is 18.0 Å². The highest BCUT2D eigenvalue weighted by molar-refractivity contribution is 5.08. The van der Waals surface area contributed by atoms with Gasteiger partial charge < -0.3 is 10.8 Å². The molecule has 0 aromatic carbocycles. The predicted molar refractivity (Wildman–Crippen MR) is 51.2 cm³/mol. The van der Waals surface area contributed by atoms with Gasteiger partial charge in [0.2, 0.25) is 0 Å². The maximum Gasteiger partial charge on any atom is 0.0832 e. The van der Waals surface area contributed by atoms with Crippen molar-refractivity contribution in [3.8, 4) is 0 Å². The Labute approximate surface area is 78.4 Å². The monoisotopic (exact) mass is 183 g/mol. The van der Waals surface area contributed by atoms with Crippen LogP contribution in [0, 0.1) is 0 Å². The van der Waals surface area contributed by atoms with Crippen molar-refractivity contribution in [1.29, 1.82) is 0 Å². The van der Waals surface area contributed by atoms with Gasteiger partial charge in [0.1, 0.15) is 0 Å². The van der Waals surface area contributed by atoms with Crippen molar-refractivity contribution in [1.82, 2.24) is 9.78 Å². The fourth-order valence-electron chi connectivity index (χ4n) is 1.13. The molecule has 1 rings (SSSR count). The van der Waals surface area contributed by atoms with Crippen LogP contribution in [0.3, 0.4) is 0 Å². The summed E-state index contributed by atoms with van der Waals surface area (Å²) >= 11 is 0. The molecule has 0 radical (unpaired) electrons. The molecule has 0 fully saturated rings. The van der Waals surface area contributed by atoms with E-state index in [2.05, 4.69) is 5.10 Å². The van der Waals surface area contributed by atoms with E-state index in [1.807, 2.05) is 24.7 Å². The second-order valence-electron chi connectivity index (χ2n) is 3.44. The quantitative estimate of drug-likeness (QED) is 0.727. The predicted octanol–water partition coefficient (Wildman–Crippen LogP) is 0.846. The average molecular weight is 183 g/mol. The molecule has 0 aliphatic carbocycles. The van der Waals surface area contributed by atoms with E-state index in [-0.39, 0.29) is 0 Å². The van der Waals surface area contributed by atoms with Crippen LogP contribution < -0.4 is 5.73 Å². The number of hydrogen-bond acceptors (Lipinski definition) is 3. The third-order valence-corrected chi connectivity index (χ3v) is 1.98. The molecular formula is C9H17N3O. The number of hydrogen-bond donors (Lipinski definition) is 2. The number of nitrogens with two attached hydrogens (primary N) is 1. The van der Waals surface area contributed by atoms with E-state index in [0.29, 0.717) is 19.0 Å². The van der Waals surface area contributed by atoms with E-state index in [9.17, 15) is 5.11 Å². The lowest BCUT2D eigenvalue weighted by atomic mass is 10.1. The number of nitrogens with zero attached hydrogens (tertiary/aromatic N) is 2. The van der Waals surface area contributed by atoms with Gasteiger partial charge in [0.25, 0.3) is 0 Å². The Balaban J connectivity index is 2.67. The van der Waals surface area contributed by atoms with Gasteiger partial charge in [-0.05, 0) is 26.8 Å². The number of rotatable bonds is 4. The van der Waals surface area contributed by atoms with Crippen LogP contribution in [0.1, 0.15) is 38.0 Å². The van der Waals surface area contributed by atoms with Gasteiger partial charge in [-0.2, -0.15) is 5.10 Å². The molecule has 0 saturated carbocycles. The van der Waals surface area contributed by atoms with Gasteiger partial charge in [-0.1, -0.05) is 0 Å². The molecule has 0 bridgehead atoms. The Morgan fingerprint density at radius 3 is 2.77 bits per heavy atom. The van der Waals surface area contributed by atoms with Crippen LogP contribution >= 0.6 is 0 Å². The van der Waals surface area contributed by atoms with Crippen LogP contribution in [-0.4, -0.2) is 21.4 Å². The minimum absolute atomic E-state index is 0.332. The fourth-order valence-corrected chi connectivity index (χ4v) is 1.13. The molecule has 0 saturated heterocycles. The second kappa shape index (κ2) is 4.39. The molecular weight excluding hydrogens is 166 g/mol. The minimum Gasteiger partial charge on any atom is -0.388 e. The molecule has 1 heterocycles. The van der Waals surface area contributed by atoms with Crippen LogP contribution in [0.25, 0.3) is 0 Å². The van der Waals surface area contributed by atoms with Gasteiger partial charge >= 0.3 is 0 Å². The summed E-state index contributed by atoms with van der Waals surface area (Å²) in [7, 11) is 0. The smallest absolute Gasteiger partial charge is 0.0832 e. The largest absolute Gasteiger partial charge is 0.388 e. The molecule has 13 heavy (non-hydrogen) atoms. The van der Waals surface area contributed by atoms with Crippen molar-refractivity contribution in [2.45, 2.75) is 32.4 Å². The van der Waals surface area contributed by atoms with Crippen LogP contribution in [0.2, 0.25) is 0 Å². The summed E-state index contributed by atoms with van der Waals surface area (Å²) in [4.78, 5) is 0. The molecule has 0 aliphatic heterocycles. The first kappa shape index (κ1) is 10.2. The lowest BCUT2D eigenvalue weighted by Crippen LogP contribution is -2.06. The van der Waals surface area contributed by atoms with Crippen LogP contribution in [0.4, 0.5) is 0 Å². The summed E-state index contributed by atoms with van der Waals surface area (Å²) in [5.74, 6) is 0.